The number of carbonyl (C=O) groups excluding carboxylic acids is 1. The number of rotatable bonds is 7. The maximum Gasteiger partial charge on any atom is 0.267 e. The molecule has 0 unspecified atom stereocenters. The van der Waals surface area contributed by atoms with E-state index in [0.717, 1.165) is 19.3 Å². The Balaban J connectivity index is 2.97. The van der Waals surface area contributed by atoms with Crippen molar-refractivity contribution >= 4 is 15.9 Å². The van der Waals surface area contributed by atoms with Gasteiger partial charge in [-0.25, -0.2) is 13.6 Å². The minimum Gasteiger partial charge on any atom is -0.351 e. The highest BCUT2D eigenvalue weighted by atomic mass is 32.2. The van der Waals surface area contributed by atoms with Gasteiger partial charge in [-0.2, -0.15) is 0 Å². The van der Waals surface area contributed by atoms with E-state index >= 15 is 0 Å². The Morgan fingerprint density at radius 3 is 2.58 bits per heavy atom. The fourth-order valence-corrected chi connectivity index (χ4v) is 2.27. The molecule has 0 atom stereocenters. The molecule has 7 heteroatoms. The van der Waals surface area contributed by atoms with Crippen molar-refractivity contribution in [3.05, 3.63) is 18.0 Å². The lowest BCUT2D eigenvalue weighted by atomic mass is 10.3. The van der Waals surface area contributed by atoms with Gasteiger partial charge in [0.15, 0.2) is 0 Å². The topological polar surface area (TPSA) is 94.2 Å². The summed E-state index contributed by atoms with van der Waals surface area (Å²) in [6, 6.07) is 1.33. The molecule has 0 aliphatic rings. The molecule has 108 valence electrons. The van der Waals surface area contributed by atoms with E-state index in [9.17, 15) is 13.2 Å². The number of amides is 1. The van der Waals surface area contributed by atoms with E-state index in [4.69, 9.17) is 5.14 Å². The quantitative estimate of drug-likeness (QED) is 0.735. The minimum absolute atomic E-state index is 0.0263. The fourth-order valence-electron chi connectivity index (χ4n) is 1.72. The zero-order chi connectivity index (χ0) is 14.5. The molecule has 0 spiro atoms. The summed E-state index contributed by atoms with van der Waals surface area (Å²) in [5.41, 5.74) is 0.335. The Morgan fingerprint density at radius 2 is 2.05 bits per heavy atom. The Morgan fingerprint density at radius 1 is 1.37 bits per heavy atom. The third-order valence-corrected chi connectivity index (χ3v) is 3.59. The van der Waals surface area contributed by atoms with Crippen molar-refractivity contribution in [1.82, 2.24) is 9.88 Å². The molecule has 1 rings (SSSR count). The number of nitrogens with one attached hydrogen (secondary N) is 1. The summed E-state index contributed by atoms with van der Waals surface area (Å²) in [6.07, 6.45) is 4.09. The molecule has 0 aromatic carbocycles. The van der Waals surface area contributed by atoms with Crippen LogP contribution in [0, 0.1) is 0 Å². The van der Waals surface area contributed by atoms with E-state index in [2.05, 4.69) is 5.32 Å². The number of sulfonamides is 1. The van der Waals surface area contributed by atoms with Gasteiger partial charge in [0.05, 0.1) is 0 Å². The van der Waals surface area contributed by atoms with Crippen molar-refractivity contribution in [2.24, 2.45) is 5.14 Å². The van der Waals surface area contributed by atoms with Crippen LogP contribution in [0.15, 0.2) is 17.2 Å². The lowest BCUT2D eigenvalue weighted by Crippen LogP contribution is -2.26. The standard InChI is InChI=1S/C12H21N3O3S/c1-3-5-6-14-12(16)11-8-10(19(13,17)18)9-15(11)7-4-2/h8-9H,3-7H2,1-2H3,(H,14,16)(H2,13,17,18). The first kappa shape index (κ1) is 15.7. The summed E-state index contributed by atoms with van der Waals surface area (Å²) in [6.45, 7) is 5.14. The zero-order valence-corrected chi connectivity index (χ0v) is 12.2. The van der Waals surface area contributed by atoms with E-state index in [0.29, 0.717) is 18.8 Å². The van der Waals surface area contributed by atoms with Crippen LogP contribution in [-0.2, 0) is 16.6 Å². The lowest BCUT2D eigenvalue weighted by molar-refractivity contribution is 0.0943. The monoisotopic (exact) mass is 287 g/mol. The van der Waals surface area contributed by atoms with Crippen LogP contribution in [0.4, 0.5) is 0 Å². The van der Waals surface area contributed by atoms with Gasteiger partial charge in [0.1, 0.15) is 10.6 Å². The van der Waals surface area contributed by atoms with Crippen molar-refractivity contribution in [2.45, 2.75) is 44.6 Å². The molecular formula is C12H21N3O3S. The SMILES string of the molecule is CCCCNC(=O)c1cc(S(N)(=O)=O)cn1CCC. The van der Waals surface area contributed by atoms with Gasteiger partial charge in [-0.1, -0.05) is 20.3 Å². The van der Waals surface area contributed by atoms with Crippen molar-refractivity contribution in [1.29, 1.82) is 0 Å². The summed E-state index contributed by atoms with van der Waals surface area (Å²) in [5.74, 6) is -0.267. The van der Waals surface area contributed by atoms with Crippen molar-refractivity contribution < 1.29 is 13.2 Å². The highest BCUT2D eigenvalue weighted by molar-refractivity contribution is 7.89. The maximum atomic E-state index is 12.0. The second-order valence-corrected chi connectivity index (χ2v) is 5.97. The normalized spacial score (nSPS) is 11.5. The molecule has 0 saturated heterocycles. The first-order valence-corrected chi connectivity index (χ1v) is 7.96. The smallest absolute Gasteiger partial charge is 0.267 e. The Kier molecular flexibility index (Phi) is 5.56. The number of aryl methyl sites for hydroxylation is 1. The number of unbranched alkanes of at least 4 members (excludes halogenated alkanes) is 1. The van der Waals surface area contributed by atoms with E-state index in [-0.39, 0.29) is 10.8 Å². The molecule has 0 bridgehead atoms. The second kappa shape index (κ2) is 6.72. The van der Waals surface area contributed by atoms with Crippen LogP contribution in [0.25, 0.3) is 0 Å². The molecule has 0 aliphatic heterocycles. The number of carbonyl (C=O) groups is 1. The molecule has 6 nitrogen and oxygen atoms in total. The average Bonchev–Trinajstić information content (AvgIpc) is 2.73. The summed E-state index contributed by atoms with van der Waals surface area (Å²) in [5, 5.41) is 7.85. The summed E-state index contributed by atoms with van der Waals surface area (Å²) >= 11 is 0. The minimum atomic E-state index is -3.78. The van der Waals surface area contributed by atoms with Gasteiger partial charge in [-0.15, -0.1) is 0 Å². The Hall–Kier alpha value is -1.34. The molecular weight excluding hydrogens is 266 g/mol. The maximum absolute atomic E-state index is 12.0. The Labute approximate surface area is 114 Å². The van der Waals surface area contributed by atoms with Gasteiger partial charge in [0.25, 0.3) is 5.91 Å². The number of primary sulfonamides is 1. The van der Waals surface area contributed by atoms with E-state index in [1.165, 1.54) is 12.3 Å². The van der Waals surface area contributed by atoms with Gasteiger partial charge >= 0.3 is 0 Å². The first-order valence-electron chi connectivity index (χ1n) is 6.41. The van der Waals surface area contributed by atoms with Gasteiger partial charge in [0, 0.05) is 19.3 Å². The number of nitrogens with zero attached hydrogens (tertiary/aromatic N) is 1. The van der Waals surface area contributed by atoms with Crippen LogP contribution in [0.2, 0.25) is 0 Å². The number of nitrogens with two attached hydrogens (primary N) is 1. The molecule has 0 aliphatic carbocycles. The van der Waals surface area contributed by atoms with Crippen LogP contribution in [0.3, 0.4) is 0 Å². The molecule has 0 fully saturated rings. The van der Waals surface area contributed by atoms with Crippen LogP contribution in [0.5, 0.6) is 0 Å². The Bertz CT molecular complexity index is 534. The second-order valence-electron chi connectivity index (χ2n) is 4.41. The molecule has 0 saturated carbocycles. The zero-order valence-electron chi connectivity index (χ0n) is 11.3. The number of aromatic nitrogens is 1. The van der Waals surface area contributed by atoms with E-state index < -0.39 is 10.0 Å². The van der Waals surface area contributed by atoms with Crippen molar-refractivity contribution in [3.8, 4) is 0 Å². The molecule has 1 aromatic heterocycles. The van der Waals surface area contributed by atoms with Crippen LogP contribution >= 0.6 is 0 Å². The molecule has 3 N–H and O–H groups in total. The third-order valence-electron chi connectivity index (χ3n) is 2.71. The van der Waals surface area contributed by atoms with Gasteiger partial charge in [0.2, 0.25) is 10.0 Å². The summed E-state index contributed by atoms with van der Waals surface area (Å²) in [4.78, 5) is 12.0. The highest BCUT2D eigenvalue weighted by Gasteiger charge is 2.18. The number of hydrogen-bond acceptors (Lipinski definition) is 3. The van der Waals surface area contributed by atoms with Crippen molar-refractivity contribution in [3.63, 3.8) is 0 Å². The third kappa shape index (κ3) is 4.36. The first-order chi connectivity index (χ1) is 8.90. The van der Waals surface area contributed by atoms with Gasteiger partial charge in [-0.3, -0.25) is 4.79 Å². The van der Waals surface area contributed by atoms with Crippen LogP contribution in [-0.4, -0.2) is 25.4 Å². The average molecular weight is 287 g/mol. The molecule has 1 amide bonds. The highest BCUT2D eigenvalue weighted by Crippen LogP contribution is 2.14. The van der Waals surface area contributed by atoms with Gasteiger partial charge < -0.3 is 9.88 Å². The largest absolute Gasteiger partial charge is 0.351 e. The van der Waals surface area contributed by atoms with E-state index in [1.54, 1.807) is 4.57 Å². The predicted molar refractivity (Wildman–Crippen MR) is 73.3 cm³/mol. The summed E-state index contributed by atoms with van der Waals surface area (Å²) in [7, 11) is -3.78. The molecule has 19 heavy (non-hydrogen) atoms. The number of hydrogen-bond donors (Lipinski definition) is 2. The molecule has 1 aromatic rings. The van der Waals surface area contributed by atoms with Crippen LogP contribution in [0.1, 0.15) is 43.6 Å². The lowest BCUT2D eigenvalue weighted by Gasteiger charge is -2.07. The fraction of sp³-hybridized carbons (Fsp3) is 0.583. The van der Waals surface area contributed by atoms with Crippen molar-refractivity contribution in [2.75, 3.05) is 6.54 Å². The summed E-state index contributed by atoms with van der Waals surface area (Å²) < 4.78 is 24.3. The van der Waals surface area contributed by atoms with E-state index in [1.807, 2.05) is 13.8 Å². The van der Waals surface area contributed by atoms with Crippen LogP contribution < -0.4 is 10.5 Å². The predicted octanol–water partition coefficient (Wildman–Crippen LogP) is 1.08. The molecule has 1 heterocycles. The van der Waals surface area contributed by atoms with Gasteiger partial charge in [-0.05, 0) is 18.9 Å². The molecule has 0 radical (unpaired) electrons.